The summed E-state index contributed by atoms with van der Waals surface area (Å²) < 4.78 is 31.6. The van der Waals surface area contributed by atoms with Crippen LogP contribution >= 0.6 is 15.9 Å². The molecule has 1 amide bonds. The summed E-state index contributed by atoms with van der Waals surface area (Å²) in [6.45, 7) is 2.23. The van der Waals surface area contributed by atoms with Gasteiger partial charge >= 0.3 is 6.61 Å². The normalized spacial score (nSPS) is 11.1. The fourth-order valence-corrected chi connectivity index (χ4v) is 3.10. The Balaban J connectivity index is 1.52. The van der Waals surface area contributed by atoms with E-state index >= 15 is 0 Å². The van der Waals surface area contributed by atoms with Gasteiger partial charge in [0.05, 0.1) is 15.9 Å². The maximum absolute atomic E-state index is 12.3. The number of halogens is 3. The lowest BCUT2D eigenvalue weighted by atomic mass is 10.1. The van der Waals surface area contributed by atoms with E-state index in [2.05, 4.69) is 41.3 Å². The van der Waals surface area contributed by atoms with Gasteiger partial charge < -0.3 is 10.1 Å². The summed E-state index contributed by atoms with van der Waals surface area (Å²) >= 11 is 3.49. The monoisotopic (exact) mass is 467 g/mol. The van der Waals surface area contributed by atoms with Crippen LogP contribution in [0.3, 0.4) is 0 Å². The number of aromatic amines is 1. The highest BCUT2D eigenvalue weighted by molar-refractivity contribution is 9.10. The van der Waals surface area contributed by atoms with Crippen molar-refractivity contribution >= 4 is 21.8 Å². The fourth-order valence-electron chi connectivity index (χ4n) is 2.81. The Morgan fingerprint density at radius 3 is 2.66 bits per heavy atom. The van der Waals surface area contributed by atoms with Crippen molar-refractivity contribution in [3.8, 4) is 17.0 Å². The number of carbonyl (C=O) groups is 1. The van der Waals surface area contributed by atoms with Crippen molar-refractivity contribution in [1.82, 2.24) is 25.3 Å². The van der Waals surface area contributed by atoms with Crippen molar-refractivity contribution in [2.45, 2.75) is 33.4 Å². The molecule has 7 nitrogen and oxygen atoms in total. The highest BCUT2D eigenvalue weighted by Crippen LogP contribution is 2.22. The van der Waals surface area contributed by atoms with Gasteiger partial charge in [0.2, 0.25) is 0 Å². The molecule has 154 valence electrons. The summed E-state index contributed by atoms with van der Waals surface area (Å²) in [5, 5.41) is 14.1. The van der Waals surface area contributed by atoms with Gasteiger partial charge in [0.25, 0.3) is 5.91 Å². The summed E-state index contributed by atoms with van der Waals surface area (Å²) in [6.07, 6.45) is 0.729. The van der Waals surface area contributed by atoms with E-state index in [9.17, 15) is 13.6 Å². The summed E-state index contributed by atoms with van der Waals surface area (Å²) in [5.74, 6) is -0.206. The first-order chi connectivity index (χ1) is 13.8. The van der Waals surface area contributed by atoms with Crippen LogP contribution in [0.25, 0.3) is 11.3 Å². The molecular formula is C19H20BrF2N5O2. The molecule has 0 atom stereocenters. The number of aromatic nitrogens is 4. The Hall–Kier alpha value is -2.75. The Kier molecular flexibility index (Phi) is 6.63. The van der Waals surface area contributed by atoms with Crippen LogP contribution in [0.5, 0.6) is 5.75 Å². The predicted octanol–water partition coefficient (Wildman–Crippen LogP) is 4.07. The lowest BCUT2D eigenvalue weighted by molar-refractivity contribution is -0.0498. The number of H-pyrrole nitrogens is 1. The minimum atomic E-state index is -2.87. The highest BCUT2D eigenvalue weighted by Gasteiger charge is 2.12. The third-order valence-corrected chi connectivity index (χ3v) is 5.47. The number of rotatable bonds is 8. The van der Waals surface area contributed by atoms with Crippen LogP contribution in [0, 0.1) is 13.8 Å². The van der Waals surface area contributed by atoms with Crippen LogP contribution in [0.1, 0.15) is 28.3 Å². The number of carbonyl (C=O) groups excluding carboxylic acids is 1. The first-order valence-electron chi connectivity index (χ1n) is 8.93. The van der Waals surface area contributed by atoms with Gasteiger partial charge in [-0.2, -0.15) is 19.0 Å². The minimum Gasteiger partial charge on any atom is -0.435 e. The van der Waals surface area contributed by atoms with E-state index in [0.717, 1.165) is 22.3 Å². The molecule has 0 fully saturated rings. The van der Waals surface area contributed by atoms with Gasteiger partial charge in [0, 0.05) is 24.3 Å². The van der Waals surface area contributed by atoms with Crippen molar-refractivity contribution < 1.29 is 18.3 Å². The molecule has 2 heterocycles. The minimum absolute atomic E-state index is 0.0619. The topological polar surface area (TPSA) is 84.8 Å². The first kappa shape index (κ1) is 21.0. The van der Waals surface area contributed by atoms with Crippen LogP contribution < -0.4 is 10.1 Å². The molecule has 0 aliphatic heterocycles. The molecule has 3 rings (SSSR count). The van der Waals surface area contributed by atoms with Crippen LogP contribution in [0.2, 0.25) is 0 Å². The second-order valence-electron chi connectivity index (χ2n) is 6.39. The van der Waals surface area contributed by atoms with Crippen LogP contribution in [-0.2, 0) is 6.54 Å². The van der Waals surface area contributed by atoms with Crippen LogP contribution in [-0.4, -0.2) is 39.0 Å². The maximum atomic E-state index is 12.3. The van der Waals surface area contributed by atoms with E-state index in [0.29, 0.717) is 30.0 Å². The molecule has 0 radical (unpaired) electrons. The molecule has 0 aliphatic rings. The average molecular weight is 468 g/mol. The van der Waals surface area contributed by atoms with Crippen molar-refractivity contribution in [2.75, 3.05) is 6.54 Å². The zero-order valence-electron chi connectivity index (χ0n) is 15.9. The molecule has 2 N–H and O–H groups in total. The lowest BCUT2D eigenvalue weighted by Crippen LogP contribution is -2.25. The maximum Gasteiger partial charge on any atom is 0.387 e. The number of ether oxygens (including phenoxy) is 1. The quantitative estimate of drug-likeness (QED) is 0.489. The lowest BCUT2D eigenvalue weighted by Gasteiger charge is -2.06. The van der Waals surface area contributed by atoms with Gasteiger partial charge in [0.15, 0.2) is 0 Å². The smallest absolute Gasteiger partial charge is 0.387 e. The van der Waals surface area contributed by atoms with Gasteiger partial charge in [-0.1, -0.05) is 0 Å². The Morgan fingerprint density at radius 2 is 2.03 bits per heavy atom. The number of hydrogen-bond donors (Lipinski definition) is 2. The predicted molar refractivity (Wildman–Crippen MR) is 107 cm³/mol. The summed E-state index contributed by atoms with van der Waals surface area (Å²) in [5.41, 5.74) is 3.52. The Morgan fingerprint density at radius 1 is 1.31 bits per heavy atom. The first-order valence-corrected chi connectivity index (χ1v) is 9.73. The van der Waals surface area contributed by atoms with E-state index in [1.807, 2.05) is 18.5 Å². The molecule has 0 saturated carbocycles. The van der Waals surface area contributed by atoms with Gasteiger partial charge in [-0.15, -0.1) is 0 Å². The summed E-state index contributed by atoms with van der Waals surface area (Å²) in [4.78, 5) is 12.3. The molecule has 10 heteroatoms. The van der Waals surface area contributed by atoms with Crippen molar-refractivity contribution in [2.24, 2.45) is 0 Å². The van der Waals surface area contributed by atoms with Crippen LogP contribution in [0.4, 0.5) is 8.78 Å². The standard InChI is InChI=1S/C19H20BrF2N5O2/c1-11-17(20)12(2)27(26-11)9-3-8-23-18(28)16-10-15(24-25-16)13-4-6-14(7-5-13)29-19(21)22/h4-7,10,19H,3,8-9H2,1-2H3,(H,23,28)(H,24,25). The number of hydrogen-bond acceptors (Lipinski definition) is 4. The largest absolute Gasteiger partial charge is 0.435 e. The number of nitrogens with one attached hydrogen (secondary N) is 2. The molecule has 3 aromatic rings. The Bertz CT molecular complexity index is 985. The second-order valence-corrected chi connectivity index (χ2v) is 7.18. The molecular weight excluding hydrogens is 448 g/mol. The van der Waals surface area contributed by atoms with Crippen LogP contribution in [0.15, 0.2) is 34.8 Å². The molecule has 0 unspecified atom stereocenters. The number of nitrogens with zero attached hydrogens (tertiary/aromatic N) is 3. The number of aryl methyl sites for hydroxylation is 2. The van der Waals surface area contributed by atoms with E-state index < -0.39 is 6.61 Å². The average Bonchev–Trinajstić information content (AvgIpc) is 3.27. The third-order valence-electron chi connectivity index (χ3n) is 4.32. The van der Waals surface area contributed by atoms with Crippen molar-refractivity contribution in [1.29, 1.82) is 0 Å². The summed E-state index contributed by atoms with van der Waals surface area (Å²) in [7, 11) is 0. The molecule has 0 aliphatic carbocycles. The SMILES string of the molecule is Cc1nn(CCCNC(=O)c2cc(-c3ccc(OC(F)F)cc3)n[nH]2)c(C)c1Br. The molecule has 0 saturated heterocycles. The molecule has 0 spiro atoms. The van der Waals surface area contributed by atoms with Gasteiger partial charge in [-0.3, -0.25) is 14.6 Å². The molecule has 0 bridgehead atoms. The van der Waals surface area contributed by atoms with E-state index in [1.165, 1.54) is 12.1 Å². The number of benzene rings is 1. The zero-order chi connectivity index (χ0) is 21.0. The van der Waals surface area contributed by atoms with E-state index in [-0.39, 0.29) is 11.7 Å². The molecule has 1 aromatic carbocycles. The number of alkyl halides is 2. The van der Waals surface area contributed by atoms with Crippen molar-refractivity contribution in [3.05, 3.63) is 51.9 Å². The van der Waals surface area contributed by atoms with Gasteiger partial charge in [0.1, 0.15) is 11.4 Å². The molecule has 2 aromatic heterocycles. The summed E-state index contributed by atoms with van der Waals surface area (Å²) in [6, 6.07) is 7.65. The number of amides is 1. The van der Waals surface area contributed by atoms with E-state index in [4.69, 9.17) is 0 Å². The van der Waals surface area contributed by atoms with E-state index in [1.54, 1.807) is 18.2 Å². The second kappa shape index (κ2) is 9.17. The molecule has 29 heavy (non-hydrogen) atoms. The fraction of sp³-hybridized carbons (Fsp3) is 0.316. The Labute approximate surface area is 174 Å². The highest BCUT2D eigenvalue weighted by atomic mass is 79.9. The van der Waals surface area contributed by atoms with Crippen molar-refractivity contribution in [3.63, 3.8) is 0 Å². The van der Waals surface area contributed by atoms with Gasteiger partial charge in [-0.25, -0.2) is 0 Å². The zero-order valence-corrected chi connectivity index (χ0v) is 17.5. The third kappa shape index (κ3) is 5.20. The van der Waals surface area contributed by atoms with Gasteiger partial charge in [-0.05, 0) is 66.5 Å².